The van der Waals surface area contributed by atoms with Crippen LogP contribution in [-0.4, -0.2) is 38.8 Å². The highest BCUT2D eigenvalue weighted by Crippen LogP contribution is 2.22. The average Bonchev–Trinajstić information content (AvgIpc) is 3.13. The summed E-state index contributed by atoms with van der Waals surface area (Å²) in [6, 6.07) is 0.167. The van der Waals surface area contributed by atoms with E-state index in [1.807, 2.05) is 17.8 Å². The Kier molecular flexibility index (Phi) is 5.44. The van der Waals surface area contributed by atoms with Crippen LogP contribution < -0.4 is 10.6 Å². The second-order valence-electron chi connectivity index (χ2n) is 5.95. The van der Waals surface area contributed by atoms with Gasteiger partial charge in [0.2, 0.25) is 0 Å². The van der Waals surface area contributed by atoms with E-state index in [0.717, 1.165) is 61.5 Å². The van der Waals surface area contributed by atoms with Gasteiger partial charge in [0, 0.05) is 37.1 Å². The molecule has 1 atom stereocenters. The normalized spacial score (nSPS) is 17.6. The number of fused-ring (bicyclic) bond motifs is 1. The number of guanidine groups is 1. The summed E-state index contributed by atoms with van der Waals surface area (Å²) in [5.41, 5.74) is 0. The molecule has 0 radical (unpaired) electrons. The number of aryl methyl sites for hydroxylation is 3. The lowest BCUT2D eigenvalue weighted by Gasteiger charge is -2.25. The molecule has 130 valence electrons. The van der Waals surface area contributed by atoms with Gasteiger partial charge in [-0.1, -0.05) is 0 Å². The first-order valence-corrected chi connectivity index (χ1v) is 9.35. The van der Waals surface area contributed by atoms with Crippen molar-refractivity contribution < 1.29 is 0 Å². The first-order chi connectivity index (χ1) is 11.7. The van der Waals surface area contributed by atoms with Gasteiger partial charge in [0.1, 0.15) is 11.6 Å². The molecule has 0 aliphatic carbocycles. The van der Waals surface area contributed by atoms with Crippen molar-refractivity contribution in [2.75, 3.05) is 13.1 Å². The van der Waals surface area contributed by atoms with Gasteiger partial charge in [-0.25, -0.2) is 14.6 Å². The molecule has 2 aromatic heterocycles. The maximum absolute atomic E-state index is 4.70. The summed E-state index contributed by atoms with van der Waals surface area (Å²) in [4.78, 5) is 14.9. The van der Waals surface area contributed by atoms with Crippen molar-refractivity contribution in [2.45, 2.75) is 52.6 Å². The minimum Gasteiger partial charge on any atom is -0.357 e. The number of rotatable bonds is 5. The van der Waals surface area contributed by atoms with E-state index in [9.17, 15) is 0 Å². The van der Waals surface area contributed by atoms with Crippen LogP contribution in [0.25, 0.3) is 0 Å². The molecule has 0 saturated heterocycles. The number of hydrogen-bond acceptors (Lipinski definition) is 5. The predicted octanol–water partition coefficient (Wildman–Crippen LogP) is 1.98. The number of thiazole rings is 1. The summed E-state index contributed by atoms with van der Waals surface area (Å²) in [5, 5.41) is 12.4. The van der Waals surface area contributed by atoms with Crippen molar-refractivity contribution in [1.29, 1.82) is 0 Å². The van der Waals surface area contributed by atoms with Crippen molar-refractivity contribution in [3.8, 4) is 0 Å². The maximum Gasteiger partial charge on any atom is 0.191 e. The van der Waals surface area contributed by atoms with E-state index < -0.39 is 0 Å². The van der Waals surface area contributed by atoms with Crippen LogP contribution in [0.15, 0.2) is 11.2 Å². The van der Waals surface area contributed by atoms with E-state index >= 15 is 0 Å². The van der Waals surface area contributed by atoms with Gasteiger partial charge in [-0.2, -0.15) is 5.10 Å². The fraction of sp³-hybridized carbons (Fsp3) is 0.625. The van der Waals surface area contributed by atoms with Gasteiger partial charge in [0.05, 0.1) is 11.0 Å². The fourth-order valence-electron chi connectivity index (χ4n) is 2.87. The number of nitrogens with zero attached hydrogens (tertiary/aromatic N) is 5. The van der Waals surface area contributed by atoms with Gasteiger partial charge in [-0.05, 0) is 33.6 Å². The van der Waals surface area contributed by atoms with Crippen molar-refractivity contribution in [3.63, 3.8) is 0 Å². The van der Waals surface area contributed by atoms with E-state index in [0.29, 0.717) is 0 Å². The van der Waals surface area contributed by atoms with Crippen LogP contribution in [0.5, 0.6) is 0 Å². The van der Waals surface area contributed by atoms with Crippen molar-refractivity contribution in [1.82, 2.24) is 30.4 Å². The molecule has 2 N–H and O–H groups in total. The molecule has 2 aromatic rings. The Balaban J connectivity index is 1.64. The average molecular weight is 347 g/mol. The highest BCUT2D eigenvalue weighted by atomic mass is 32.1. The summed E-state index contributed by atoms with van der Waals surface area (Å²) in [6.07, 6.45) is 4.94. The number of aliphatic imine (C=N–C) groups is 1. The molecule has 3 rings (SSSR count). The van der Waals surface area contributed by atoms with Crippen LogP contribution in [0.3, 0.4) is 0 Å². The van der Waals surface area contributed by atoms with Crippen LogP contribution in [-0.2, 0) is 13.0 Å². The molecular formula is C16H25N7S. The molecule has 0 fully saturated rings. The lowest BCUT2D eigenvalue weighted by atomic mass is 10.1. The minimum atomic E-state index is 0.167. The van der Waals surface area contributed by atoms with Crippen LogP contribution >= 0.6 is 11.3 Å². The smallest absolute Gasteiger partial charge is 0.191 e. The van der Waals surface area contributed by atoms with Crippen LogP contribution in [0.4, 0.5) is 0 Å². The Bertz CT molecular complexity index is 703. The molecule has 3 heterocycles. The highest BCUT2D eigenvalue weighted by molar-refractivity contribution is 7.11. The summed E-state index contributed by atoms with van der Waals surface area (Å²) in [6.45, 7) is 8.61. The summed E-state index contributed by atoms with van der Waals surface area (Å²) in [7, 11) is 0. The van der Waals surface area contributed by atoms with E-state index in [-0.39, 0.29) is 6.04 Å². The number of hydrogen-bond donors (Lipinski definition) is 2. The Morgan fingerprint density at radius 1 is 1.46 bits per heavy atom. The second kappa shape index (κ2) is 7.74. The summed E-state index contributed by atoms with van der Waals surface area (Å²) in [5.74, 6) is 2.68. The standard InChI is InChI=1S/C16H25N7S/c1-4-17-16(18-8-7-14-19-10-11(2)24-14)21-13-6-5-9-23-15(13)20-12(3)22-23/h10,13H,4-9H2,1-3H3,(H2,17,18,21). The zero-order valence-electron chi connectivity index (χ0n) is 14.5. The molecule has 0 amide bonds. The molecule has 1 aliphatic heterocycles. The Hall–Kier alpha value is -1.96. The van der Waals surface area contributed by atoms with Gasteiger partial charge in [-0.3, -0.25) is 4.99 Å². The Labute approximate surface area is 146 Å². The van der Waals surface area contributed by atoms with Gasteiger partial charge in [-0.15, -0.1) is 11.3 Å². The lowest BCUT2D eigenvalue weighted by Crippen LogP contribution is -2.41. The monoisotopic (exact) mass is 347 g/mol. The Morgan fingerprint density at radius 2 is 2.33 bits per heavy atom. The number of nitrogens with one attached hydrogen (secondary N) is 2. The van der Waals surface area contributed by atoms with E-state index in [1.165, 1.54) is 4.88 Å². The minimum absolute atomic E-state index is 0.167. The molecule has 8 heteroatoms. The topological polar surface area (TPSA) is 80.0 Å². The fourth-order valence-corrected chi connectivity index (χ4v) is 3.65. The quantitative estimate of drug-likeness (QED) is 0.639. The predicted molar refractivity (Wildman–Crippen MR) is 96.4 cm³/mol. The Morgan fingerprint density at radius 3 is 3.08 bits per heavy atom. The zero-order valence-corrected chi connectivity index (χ0v) is 15.4. The van der Waals surface area contributed by atoms with Gasteiger partial charge < -0.3 is 10.6 Å². The summed E-state index contributed by atoms with van der Waals surface area (Å²) >= 11 is 1.74. The first kappa shape index (κ1) is 16.9. The van der Waals surface area contributed by atoms with Crippen LogP contribution in [0.2, 0.25) is 0 Å². The maximum atomic E-state index is 4.70. The van der Waals surface area contributed by atoms with Gasteiger partial charge in [0.15, 0.2) is 5.96 Å². The molecule has 24 heavy (non-hydrogen) atoms. The first-order valence-electron chi connectivity index (χ1n) is 8.53. The van der Waals surface area contributed by atoms with Crippen molar-refractivity contribution >= 4 is 17.3 Å². The van der Waals surface area contributed by atoms with Gasteiger partial charge >= 0.3 is 0 Å². The SMILES string of the molecule is CCNC(=NCCc1ncc(C)s1)NC1CCCn2nc(C)nc21. The number of aromatic nitrogens is 4. The molecular weight excluding hydrogens is 322 g/mol. The second-order valence-corrected chi connectivity index (χ2v) is 7.27. The van der Waals surface area contributed by atoms with Crippen LogP contribution in [0.1, 0.15) is 47.3 Å². The third-order valence-corrected chi connectivity index (χ3v) is 4.87. The molecule has 0 saturated carbocycles. The highest BCUT2D eigenvalue weighted by Gasteiger charge is 2.24. The van der Waals surface area contributed by atoms with Crippen LogP contribution in [0, 0.1) is 13.8 Å². The van der Waals surface area contributed by atoms with Gasteiger partial charge in [0.25, 0.3) is 0 Å². The van der Waals surface area contributed by atoms with Crippen molar-refractivity contribution in [2.24, 2.45) is 4.99 Å². The van der Waals surface area contributed by atoms with E-state index in [1.54, 1.807) is 11.3 Å². The molecule has 7 nitrogen and oxygen atoms in total. The molecule has 0 spiro atoms. The van der Waals surface area contributed by atoms with E-state index in [2.05, 4.69) is 39.5 Å². The van der Waals surface area contributed by atoms with Crippen molar-refractivity contribution in [3.05, 3.63) is 27.7 Å². The zero-order chi connectivity index (χ0) is 16.9. The van der Waals surface area contributed by atoms with E-state index in [4.69, 9.17) is 4.99 Å². The summed E-state index contributed by atoms with van der Waals surface area (Å²) < 4.78 is 2.01. The lowest BCUT2D eigenvalue weighted by molar-refractivity contribution is 0.397. The largest absolute Gasteiger partial charge is 0.357 e. The third kappa shape index (κ3) is 4.11. The molecule has 1 unspecified atom stereocenters. The molecule has 0 aromatic carbocycles. The third-order valence-electron chi connectivity index (χ3n) is 3.90. The molecule has 0 bridgehead atoms. The molecule has 1 aliphatic rings.